The fourth-order valence-electron chi connectivity index (χ4n) is 17.0. The number of fused-ring (bicyclic) bond motifs is 4. The number of carbonyl (C=O) groups is 1. The SMILES string of the molecule is CCn1c(=O)c(-c2ccc(-c3cccc(C)n3)cc2Cl)cc2cnc(NC3CNC(=O)C3)nc21.CCn1c(=O)c(-c2ccc(-c3cccnc3)cc2Cl)cc2cnc(N[C@@H]3CCOC3)nc21.COCCCn1c(=O)c(-c2ccc(-c3cccc(C)n3)cc2Cl)cc2cnc(N[C@@H]3CCOC3)nc21.COCCCn1c(=O)c(-c2ccc(-c3cccc(C)n3)cc2Cl)cc2cnc(N[C@H]3CCOC3)nc21. The molecule has 4 atom stereocenters. The first-order valence-electron chi connectivity index (χ1n) is 45.7. The number of nitrogens with one attached hydrogen (secondary N) is 5. The van der Waals surface area contributed by atoms with E-state index in [1.54, 1.807) is 75.7 Å². The maximum Gasteiger partial charge on any atom is 0.260 e. The predicted molar refractivity (Wildman–Crippen MR) is 542 cm³/mol. The lowest BCUT2D eigenvalue weighted by molar-refractivity contribution is -0.119. The topological polar surface area (TPSA) is 366 Å². The lowest BCUT2D eigenvalue weighted by Crippen LogP contribution is -2.25. The summed E-state index contributed by atoms with van der Waals surface area (Å²) in [4.78, 5) is 120. The van der Waals surface area contributed by atoms with Crippen LogP contribution in [0.25, 0.3) is 134 Å². The van der Waals surface area contributed by atoms with Crippen molar-refractivity contribution in [3.8, 4) is 89.4 Å². The number of aromatic nitrogens is 16. The number of nitrogens with zero attached hydrogens (tertiary/aromatic N) is 16. The zero-order valence-corrected chi connectivity index (χ0v) is 80.1. The summed E-state index contributed by atoms with van der Waals surface area (Å²) in [6, 6.07) is 51.7. The van der Waals surface area contributed by atoms with Gasteiger partial charge in [-0.2, -0.15) is 19.9 Å². The molecular formula is C103H101Cl4N21O10. The molecular weight excluding hydrogens is 1830 g/mol. The highest BCUT2D eigenvalue weighted by molar-refractivity contribution is 6.35. The Hall–Kier alpha value is -13.7. The van der Waals surface area contributed by atoms with Crippen LogP contribution in [0.4, 0.5) is 23.8 Å². The number of amides is 1. The number of hydrogen-bond donors (Lipinski definition) is 5. The first kappa shape index (κ1) is 96.0. The van der Waals surface area contributed by atoms with Crippen molar-refractivity contribution < 1.29 is 28.5 Å². The third-order valence-corrected chi connectivity index (χ3v) is 25.3. The molecule has 31 nitrogen and oxygen atoms in total. The number of methoxy groups -OCH3 is 2. The Kier molecular flexibility index (Phi) is 30.7. The van der Waals surface area contributed by atoms with Gasteiger partial charge in [0.05, 0.1) is 61.1 Å². The number of anilines is 4. The highest BCUT2D eigenvalue weighted by Crippen LogP contribution is 2.38. The van der Waals surface area contributed by atoms with Crippen LogP contribution in [0.5, 0.6) is 0 Å². The lowest BCUT2D eigenvalue weighted by Gasteiger charge is -2.15. The molecule has 0 aliphatic carbocycles. The van der Waals surface area contributed by atoms with Crippen LogP contribution in [0.15, 0.2) is 220 Å². The minimum Gasteiger partial charge on any atom is -0.385 e. The summed E-state index contributed by atoms with van der Waals surface area (Å²) in [6.07, 6.45) is 14.8. The standard InChI is InChI=1S/2C27H28ClN5O3.C25H23ClN6O2.C24H22ClN5O2/c2*1-17-5-3-6-24(30-17)18-7-8-21(23(28)14-18)22-13-19-15-29-27(31-20-9-12-36-16-20)32-25(19)33(26(22)34)10-4-11-35-2;1-3-32-23-16(12-28-25(31-23)30-17-11-22(33)27-13-17)9-19(24(32)34)18-8-7-15(10-20(18)26)21-6-4-5-14(2)29-21;1-2-30-22-17(13-27-24(29-22)28-18-7-9-32-14-18)10-20(23(30)31)19-6-5-15(11-21(19)25)16-4-3-8-26-12-16/h2*3,5-8,13-15,20H,4,9-12,16H2,1-2H3,(H,29,31,32);4-10,12,17H,3,11,13H2,1-2H3,(H,27,33)(H,28,30,31);3-6,8,10-13,18H,2,7,9,14H2,1H3,(H,27,28,29)/t2*20-;;18-/m10.1/s1. The van der Waals surface area contributed by atoms with Crippen LogP contribution in [-0.4, -0.2) is 182 Å². The third-order valence-electron chi connectivity index (χ3n) is 24.1. The number of aryl methyl sites for hydroxylation is 7. The second-order valence-corrected chi connectivity index (χ2v) is 35.4. The molecule has 16 aromatic rings. The average Bonchev–Trinajstić information content (AvgIpc) is 1.34. The van der Waals surface area contributed by atoms with E-state index in [1.165, 1.54) is 0 Å². The van der Waals surface area contributed by atoms with Crippen molar-refractivity contribution in [3.05, 3.63) is 280 Å². The summed E-state index contributed by atoms with van der Waals surface area (Å²) < 4.78 is 33.4. The van der Waals surface area contributed by atoms with E-state index in [1.807, 2.05) is 192 Å². The first-order valence-corrected chi connectivity index (χ1v) is 47.2. The molecule has 4 aliphatic rings. The quantitative estimate of drug-likeness (QED) is 0.0314. The van der Waals surface area contributed by atoms with E-state index in [-0.39, 0.29) is 52.3 Å². The van der Waals surface area contributed by atoms with Gasteiger partial charge < -0.3 is 50.3 Å². The molecule has 4 aliphatic heterocycles. The van der Waals surface area contributed by atoms with Gasteiger partial charge in [0.25, 0.3) is 22.2 Å². The number of benzene rings is 4. The van der Waals surface area contributed by atoms with Gasteiger partial charge in [-0.1, -0.05) is 119 Å². The van der Waals surface area contributed by atoms with Gasteiger partial charge in [-0.15, -0.1) is 0 Å². The molecule has 16 heterocycles. The molecule has 12 aromatic heterocycles. The van der Waals surface area contributed by atoms with Crippen LogP contribution < -0.4 is 48.8 Å². The number of halogens is 4. The minimum absolute atomic E-state index is 0.00512. The number of rotatable bonds is 26. The van der Waals surface area contributed by atoms with Crippen LogP contribution >= 0.6 is 46.4 Å². The summed E-state index contributed by atoms with van der Waals surface area (Å²) in [7, 11) is 3.30. The zero-order valence-electron chi connectivity index (χ0n) is 77.0. The maximum atomic E-state index is 13.7. The summed E-state index contributed by atoms with van der Waals surface area (Å²) in [5.74, 6) is 1.85. The van der Waals surface area contributed by atoms with Gasteiger partial charge in [0, 0.05) is 249 Å². The molecule has 0 radical (unpaired) electrons. The normalized spacial score (nSPS) is 15.6. The van der Waals surface area contributed by atoms with E-state index in [0.29, 0.717) is 196 Å². The molecule has 4 fully saturated rings. The Labute approximate surface area is 814 Å². The van der Waals surface area contributed by atoms with Gasteiger partial charge in [-0.25, -0.2) is 19.9 Å². The number of carbonyl (C=O) groups excluding carboxylic acids is 1. The Balaban J connectivity index is 0.000000127. The van der Waals surface area contributed by atoms with Gasteiger partial charge in [-0.3, -0.25) is 62.2 Å². The van der Waals surface area contributed by atoms with Crippen LogP contribution in [-0.2, 0) is 54.7 Å². The average molecular weight is 1930 g/mol. The highest BCUT2D eigenvalue weighted by atomic mass is 35.5. The molecule has 5 N–H and O–H groups in total. The van der Waals surface area contributed by atoms with Crippen molar-refractivity contribution in [2.45, 2.75) is 123 Å². The fraction of sp³-hybridized carbons (Fsp3) is 0.291. The summed E-state index contributed by atoms with van der Waals surface area (Å²) in [6.45, 7) is 17.1. The molecule has 138 heavy (non-hydrogen) atoms. The summed E-state index contributed by atoms with van der Waals surface area (Å²) >= 11 is 26.7. The van der Waals surface area contributed by atoms with Crippen molar-refractivity contribution in [1.82, 2.24) is 83.4 Å². The maximum absolute atomic E-state index is 13.7. The van der Waals surface area contributed by atoms with Gasteiger partial charge in [0.1, 0.15) is 22.6 Å². The van der Waals surface area contributed by atoms with Crippen LogP contribution in [0, 0.1) is 20.8 Å². The van der Waals surface area contributed by atoms with Gasteiger partial charge in [0.2, 0.25) is 29.7 Å². The fourth-order valence-corrected chi connectivity index (χ4v) is 18.2. The van der Waals surface area contributed by atoms with Crippen molar-refractivity contribution in [2.75, 3.05) is 94.9 Å². The molecule has 4 saturated heterocycles. The number of ether oxygens (including phenoxy) is 5. The molecule has 706 valence electrons. The lowest BCUT2D eigenvalue weighted by atomic mass is 10.0. The van der Waals surface area contributed by atoms with E-state index in [9.17, 15) is 24.0 Å². The van der Waals surface area contributed by atoms with Crippen molar-refractivity contribution in [3.63, 3.8) is 0 Å². The first-order chi connectivity index (χ1) is 67.1. The van der Waals surface area contributed by atoms with Crippen molar-refractivity contribution >= 4 is 120 Å². The van der Waals surface area contributed by atoms with E-state index in [2.05, 4.69) is 76.4 Å². The van der Waals surface area contributed by atoms with Gasteiger partial charge >= 0.3 is 0 Å². The second kappa shape index (κ2) is 44.2. The molecule has 35 heteroatoms. The number of pyridine rings is 8. The number of hydrogen-bond acceptors (Lipinski definition) is 26. The van der Waals surface area contributed by atoms with Crippen molar-refractivity contribution in [2.24, 2.45) is 0 Å². The molecule has 0 bridgehead atoms. The Morgan fingerprint density at radius 3 is 1.01 bits per heavy atom. The molecule has 4 aromatic carbocycles. The van der Waals surface area contributed by atoms with Gasteiger partial charge in [0.15, 0.2) is 0 Å². The van der Waals surface area contributed by atoms with Crippen LogP contribution in [0.1, 0.15) is 69.5 Å². The van der Waals surface area contributed by atoms with E-state index in [4.69, 9.17) is 80.1 Å². The van der Waals surface area contributed by atoms with Crippen LogP contribution in [0.2, 0.25) is 20.1 Å². The predicted octanol–water partition coefficient (Wildman–Crippen LogP) is 17.6. The highest BCUT2D eigenvalue weighted by Gasteiger charge is 2.28. The van der Waals surface area contributed by atoms with E-state index in [0.717, 1.165) is 123 Å². The largest absolute Gasteiger partial charge is 0.385 e. The molecule has 1 amide bonds. The molecule has 0 spiro atoms. The van der Waals surface area contributed by atoms with E-state index >= 15 is 0 Å². The Morgan fingerprint density at radius 1 is 0.377 bits per heavy atom. The monoisotopic (exact) mass is 1930 g/mol. The Morgan fingerprint density at radius 2 is 0.710 bits per heavy atom. The van der Waals surface area contributed by atoms with Crippen LogP contribution in [0.3, 0.4) is 0 Å². The third kappa shape index (κ3) is 22.3. The molecule has 1 unspecified atom stereocenters. The van der Waals surface area contributed by atoms with Gasteiger partial charge in [-0.05, 0) is 163 Å². The summed E-state index contributed by atoms with van der Waals surface area (Å²) in [5.41, 5.74) is 16.1. The van der Waals surface area contributed by atoms with Crippen molar-refractivity contribution in [1.29, 1.82) is 0 Å². The second-order valence-electron chi connectivity index (χ2n) is 33.8. The Bertz CT molecular complexity index is 7240. The molecule has 0 saturated carbocycles. The smallest absolute Gasteiger partial charge is 0.260 e. The van der Waals surface area contributed by atoms with E-state index < -0.39 is 0 Å². The molecule has 20 rings (SSSR count). The minimum atomic E-state index is -0.180. The zero-order chi connectivity index (χ0) is 96.0. The summed E-state index contributed by atoms with van der Waals surface area (Å²) in [5, 5.41) is 20.8.